The van der Waals surface area contributed by atoms with Crippen molar-refractivity contribution in [3.63, 3.8) is 0 Å². The summed E-state index contributed by atoms with van der Waals surface area (Å²) in [5.41, 5.74) is 19.6. The van der Waals surface area contributed by atoms with E-state index >= 15 is 0 Å². The second-order valence-corrected chi connectivity index (χ2v) is 14.4. The zero-order valence-electron chi connectivity index (χ0n) is 29.9. The van der Waals surface area contributed by atoms with Crippen molar-refractivity contribution in [3.05, 3.63) is 223 Å². The quantitative estimate of drug-likeness (QED) is 0.179. The van der Waals surface area contributed by atoms with Crippen molar-refractivity contribution in [1.29, 1.82) is 0 Å². The number of nitrogens with zero attached hydrogens (tertiary/aromatic N) is 3. The fraction of sp³-hybridized carbons (Fsp3) is 0.0192. The van der Waals surface area contributed by atoms with Crippen LogP contribution in [0.2, 0.25) is 0 Å². The van der Waals surface area contributed by atoms with Gasteiger partial charge in [0.2, 0.25) is 0 Å². The topological polar surface area (TPSA) is 38.7 Å². The molecule has 0 N–H and O–H groups in total. The van der Waals surface area contributed by atoms with Crippen molar-refractivity contribution in [2.45, 2.75) is 5.41 Å². The van der Waals surface area contributed by atoms with Gasteiger partial charge in [0.25, 0.3) is 0 Å². The molecule has 0 radical (unpaired) electrons. The normalized spacial score (nSPS) is 12.9. The van der Waals surface area contributed by atoms with E-state index in [0.29, 0.717) is 5.82 Å². The molecule has 2 aromatic heterocycles. The number of aromatic nitrogens is 3. The van der Waals surface area contributed by atoms with Crippen LogP contribution >= 0.6 is 0 Å². The van der Waals surface area contributed by atoms with Gasteiger partial charge in [0.1, 0.15) is 0 Å². The maximum atomic E-state index is 5.09. The summed E-state index contributed by atoms with van der Waals surface area (Å²) in [6.07, 6.45) is 3.60. The van der Waals surface area contributed by atoms with E-state index in [9.17, 15) is 0 Å². The van der Waals surface area contributed by atoms with Crippen molar-refractivity contribution in [1.82, 2.24) is 15.0 Å². The maximum absolute atomic E-state index is 5.09. The van der Waals surface area contributed by atoms with Crippen LogP contribution in [0.1, 0.15) is 22.3 Å². The van der Waals surface area contributed by atoms with Crippen LogP contribution in [0.3, 0.4) is 0 Å². The summed E-state index contributed by atoms with van der Waals surface area (Å²) in [4.78, 5) is 14.5. The maximum Gasteiger partial charge on any atom is 0.161 e. The molecule has 2 aliphatic rings. The lowest BCUT2D eigenvalue weighted by atomic mass is 9.70. The van der Waals surface area contributed by atoms with Gasteiger partial charge in [-0.1, -0.05) is 158 Å². The highest BCUT2D eigenvalue weighted by Crippen LogP contribution is 2.63. The van der Waals surface area contributed by atoms with E-state index < -0.39 is 0 Å². The average Bonchev–Trinajstić information content (AvgIpc) is 3.74. The highest BCUT2D eigenvalue weighted by atomic mass is 14.9. The second kappa shape index (κ2) is 12.4. The highest BCUT2D eigenvalue weighted by Gasteiger charge is 2.51. The minimum atomic E-state index is -0.368. The predicted octanol–water partition coefficient (Wildman–Crippen LogP) is 12.6. The number of benzene rings is 7. The Labute approximate surface area is 320 Å². The largest absolute Gasteiger partial charge is 0.264 e. The van der Waals surface area contributed by atoms with Crippen LogP contribution in [0, 0.1) is 0 Å². The summed E-state index contributed by atoms with van der Waals surface area (Å²) < 4.78 is 0. The molecule has 0 saturated heterocycles. The molecule has 0 unspecified atom stereocenters. The Hall–Kier alpha value is -7.23. The summed E-state index contributed by atoms with van der Waals surface area (Å²) in [7, 11) is 0. The second-order valence-electron chi connectivity index (χ2n) is 14.4. The van der Waals surface area contributed by atoms with Crippen LogP contribution in [0.5, 0.6) is 0 Å². The number of pyridine rings is 1. The first-order valence-electron chi connectivity index (χ1n) is 18.8. The fourth-order valence-corrected chi connectivity index (χ4v) is 8.96. The highest BCUT2D eigenvalue weighted by molar-refractivity contribution is 5.96. The van der Waals surface area contributed by atoms with E-state index in [2.05, 4.69) is 175 Å². The molecule has 55 heavy (non-hydrogen) atoms. The lowest BCUT2D eigenvalue weighted by Gasteiger charge is -2.30. The summed E-state index contributed by atoms with van der Waals surface area (Å²) in [6, 6.07) is 67.8. The number of hydrogen-bond donors (Lipinski definition) is 0. The van der Waals surface area contributed by atoms with Crippen LogP contribution in [0.4, 0.5) is 0 Å². The summed E-state index contributed by atoms with van der Waals surface area (Å²) >= 11 is 0. The molecule has 0 amide bonds. The monoisotopic (exact) mass is 699 g/mol. The van der Waals surface area contributed by atoms with Gasteiger partial charge in [-0.3, -0.25) is 4.98 Å². The zero-order valence-corrected chi connectivity index (χ0v) is 29.9. The minimum absolute atomic E-state index is 0.368. The van der Waals surface area contributed by atoms with Gasteiger partial charge in [-0.15, -0.1) is 0 Å². The number of hydrogen-bond acceptors (Lipinski definition) is 3. The SMILES string of the molecule is c1ccc(-c2cccc(-c3cc(-c4ccc(-c5ccc6c(c5)C5(c7ccccc7-c7ccccc75)c5ccccc5-6)cc4)nc(-c4cccnc4)n3)c2)cc1. The van der Waals surface area contributed by atoms with Gasteiger partial charge in [0.15, 0.2) is 5.82 Å². The third kappa shape index (κ3) is 4.87. The van der Waals surface area contributed by atoms with Gasteiger partial charge >= 0.3 is 0 Å². The number of rotatable bonds is 5. The minimum Gasteiger partial charge on any atom is -0.264 e. The van der Waals surface area contributed by atoms with Crippen molar-refractivity contribution in [2.75, 3.05) is 0 Å². The van der Waals surface area contributed by atoms with Gasteiger partial charge < -0.3 is 0 Å². The number of fused-ring (bicyclic) bond motifs is 10. The molecule has 2 heterocycles. The van der Waals surface area contributed by atoms with Gasteiger partial charge in [-0.2, -0.15) is 0 Å². The van der Waals surface area contributed by atoms with E-state index in [4.69, 9.17) is 9.97 Å². The first-order valence-corrected chi connectivity index (χ1v) is 18.8. The molecule has 7 aromatic carbocycles. The standard InChI is InChI=1S/C52H33N3/c1-2-12-34(13-3-1)37-14-10-15-39(30-37)50-32-49(54-51(55-50)40-16-11-29-53-33-40)36-25-23-35(24-26-36)38-27-28-44-43-19-6-9-22-47(43)52(48(44)31-38)45-20-7-4-17-41(45)42-18-5-8-21-46(42)52/h1-33H. The van der Waals surface area contributed by atoms with Crippen LogP contribution in [-0.4, -0.2) is 15.0 Å². The Morgan fingerprint density at radius 1 is 0.309 bits per heavy atom. The summed E-state index contributed by atoms with van der Waals surface area (Å²) in [6.45, 7) is 0. The van der Waals surface area contributed by atoms with E-state index in [1.165, 1.54) is 55.6 Å². The first-order chi connectivity index (χ1) is 27.3. The van der Waals surface area contributed by atoms with E-state index in [1.807, 2.05) is 24.4 Å². The van der Waals surface area contributed by atoms with E-state index in [1.54, 1.807) is 6.20 Å². The molecule has 9 aromatic rings. The molecule has 0 saturated carbocycles. The fourth-order valence-electron chi connectivity index (χ4n) is 8.96. The van der Waals surface area contributed by atoms with Gasteiger partial charge in [0.05, 0.1) is 16.8 Å². The molecule has 0 fully saturated rings. The van der Waals surface area contributed by atoms with Crippen LogP contribution in [-0.2, 0) is 5.41 Å². The summed E-state index contributed by atoms with van der Waals surface area (Å²) in [5.74, 6) is 0.649. The van der Waals surface area contributed by atoms with Gasteiger partial charge in [0, 0.05) is 29.1 Å². The third-order valence-corrected chi connectivity index (χ3v) is 11.4. The molecule has 0 aliphatic heterocycles. The lowest BCUT2D eigenvalue weighted by Crippen LogP contribution is -2.25. The molecule has 0 atom stereocenters. The average molecular weight is 700 g/mol. The van der Waals surface area contributed by atoms with Gasteiger partial charge in [-0.25, -0.2) is 9.97 Å². The summed E-state index contributed by atoms with van der Waals surface area (Å²) in [5, 5.41) is 0. The van der Waals surface area contributed by atoms with Gasteiger partial charge in [-0.05, 0) is 97.1 Å². The van der Waals surface area contributed by atoms with E-state index in [-0.39, 0.29) is 5.41 Å². The molecular formula is C52H33N3. The van der Waals surface area contributed by atoms with Crippen molar-refractivity contribution < 1.29 is 0 Å². The lowest BCUT2D eigenvalue weighted by molar-refractivity contribution is 0.794. The predicted molar refractivity (Wildman–Crippen MR) is 223 cm³/mol. The zero-order chi connectivity index (χ0) is 36.3. The molecule has 3 nitrogen and oxygen atoms in total. The van der Waals surface area contributed by atoms with Crippen molar-refractivity contribution in [2.24, 2.45) is 0 Å². The van der Waals surface area contributed by atoms with Crippen LogP contribution in [0.25, 0.3) is 78.4 Å². The smallest absolute Gasteiger partial charge is 0.161 e. The third-order valence-electron chi connectivity index (χ3n) is 11.4. The van der Waals surface area contributed by atoms with Crippen molar-refractivity contribution >= 4 is 0 Å². The van der Waals surface area contributed by atoms with Crippen LogP contribution < -0.4 is 0 Å². The molecule has 1 spiro atoms. The molecule has 0 bridgehead atoms. The molecule has 3 heteroatoms. The Balaban J connectivity index is 1.02. The molecule has 11 rings (SSSR count). The first kappa shape index (κ1) is 31.3. The van der Waals surface area contributed by atoms with E-state index in [0.717, 1.165) is 39.2 Å². The van der Waals surface area contributed by atoms with Crippen LogP contribution in [0.15, 0.2) is 200 Å². The van der Waals surface area contributed by atoms with Crippen molar-refractivity contribution in [3.8, 4) is 78.4 Å². The molecule has 2 aliphatic carbocycles. The Morgan fingerprint density at radius 3 is 1.45 bits per heavy atom. The molecular weight excluding hydrogens is 667 g/mol. The molecule has 256 valence electrons. The Kier molecular flexibility index (Phi) is 7.08. The Morgan fingerprint density at radius 2 is 0.800 bits per heavy atom. The Bertz CT molecular complexity index is 2850.